The van der Waals surface area contributed by atoms with Gasteiger partial charge in [-0.15, -0.1) is 0 Å². The molecule has 0 aliphatic heterocycles. The Morgan fingerprint density at radius 1 is 0.368 bits per heavy atom. The fraction of sp³-hybridized carbons (Fsp3) is 0.0526. The molecule has 0 radical (unpaired) electrons. The first-order valence-electron chi connectivity index (χ1n) is 13.6. The van der Waals surface area contributed by atoms with Gasteiger partial charge in [0.15, 0.2) is 0 Å². The topological polar surface area (TPSA) is 0 Å². The van der Waals surface area contributed by atoms with Gasteiger partial charge < -0.3 is 0 Å². The van der Waals surface area contributed by atoms with Crippen LogP contribution < -0.4 is 0 Å². The van der Waals surface area contributed by atoms with Crippen molar-refractivity contribution in [1.82, 2.24) is 0 Å². The zero-order chi connectivity index (χ0) is 24.8. The van der Waals surface area contributed by atoms with Gasteiger partial charge in [0.1, 0.15) is 0 Å². The minimum atomic E-state index is 1.11. The van der Waals surface area contributed by atoms with Gasteiger partial charge in [-0.2, -0.15) is 0 Å². The van der Waals surface area contributed by atoms with Gasteiger partial charge in [0.05, 0.1) is 0 Å². The SMILES string of the molecule is C1=Cc2c(c3cc4cc5cc6c7ccccc7c7ccccc7c6cc5cc4cc3c3ccccc23)CC1. The molecule has 0 saturated heterocycles. The second-order valence-corrected chi connectivity index (χ2v) is 10.8. The van der Waals surface area contributed by atoms with Crippen molar-refractivity contribution in [2.45, 2.75) is 12.8 Å². The summed E-state index contributed by atoms with van der Waals surface area (Å²) >= 11 is 0. The summed E-state index contributed by atoms with van der Waals surface area (Å²) in [5, 5.41) is 18.7. The third-order valence-electron chi connectivity index (χ3n) is 8.80. The molecule has 0 heteroatoms. The smallest absolute Gasteiger partial charge is 0.00926 e. The molecule has 1 aliphatic carbocycles. The molecule has 0 saturated carbocycles. The summed E-state index contributed by atoms with van der Waals surface area (Å²) < 4.78 is 0. The first kappa shape index (κ1) is 20.4. The lowest BCUT2D eigenvalue weighted by Gasteiger charge is -2.19. The first-order chi connectivity index (χ1) is 18.8. The third-order valence-corrected chi connectivity index (χ3v) is 8.80. The molecule has 8 aromatic rings. The quantitative estimate of drug-likeness (QED) is 0.150. The van der Waals surface area contributed by atoms with Gasteiger partial charge in [0, 0.05) is 0 Å². The van der Waals surface area contributed by atoms with Crippen LogP contribution >= 0.6 is 0 Å². The maximum atomic E-state index is 2.46. The highest BCUT2D eigenvalue weighted by molar-refractivity contribution is 6.28. The van der Waals surface area contributed by atoms with E-state index in [9.17, 15) is 0 Å². The Morgan fingerprint density at radius 2 is 0.763 bits per heavy atom. The fourth-order valence-corrected chi connectivity index (χ4v) is 7.07. The van der Waals surface area contributed by atoms with E-state index in [1.807, 2.05) is 0 Å². The minimum Gasteiger partial charge on any atom is -0.0836 e. The van der Waals surface area contributed by atoms with Gasteiger partial charge in [0.2, 0.25) is 0 Å². The maximum Gasteiger partial charge on any atom is -0.00926 e. The lowest BCUT2D eigenvalue weighted by molar-refractivity contribution is 1.00. The van der Waals surface area contributed by atoms with Gasteiger partial charge in [0.25, 0.3) is 0 Å². The number of aryl methyl sites for hydroxylation is 1. The molecular weight excluding hydrogens is 456 g/mol. The Bertz CT molecular complexity index is 2330. The lowest BCUT2D eigenvalue weighted by Crippen LogP contribution is -1.98. The maximum absolute atomic E-state index is 2.46. The Labute approximate surface area is 220 Å². The molecule has 176 valence electrons. The zero-order valence-electron chi connectivity index (χ0n) is 21.0. The molecule has 0 nitrogen and oxygen atoms in total. The molecule has 0 amide bonds. The Hall–Kier alpha value is -4.68. The van der Waals surface area contributed by atoms with E-state index in [0.717, 1.165) is 12.8 Å². The van der Waals surface area contributed by atoms with E-state index >= 15 is 0 Å². The van der Waals surface area contributed by atoms with E-state index in [4.69, 9.17) is 0 Å². The second kappa shape index (κ2) is 7.43. The van der Waals surface area contributed by atoms with E-state index in [1.54, 1.807) is 0 Å². The lowest BCUT2D eigenvalue weighted by atomic mass is 9.85. The van der Waals surface area contributed by atoms with Crippen molar-refractivity contribution in [3.05, 3.63) is 126 Å². The monoisotopic (exact) mass is 480 g/mol. The highest BCUT2D eigenvalue weighted by Crippen LogP contribution is 2.41. The summed E-state index contributed by atoms with van der Waals surface area (Å²) in [5.41, 5.74) is 2.91. The summed E-state index contributed by atoms with van der Waals surface area (Å²) in [4.78, 5) is 0. The van der Waals surface area contributed by atoms with Crippen LogP contribution in [0.4, 0.5) is 0 Å². The molecule has 0 fully saturated rings. The molecule has 38 heavy (non-hydrogen) atoms. The van der Waals surface area contributed by atoms with Crippen molar-refractivity contribution in [3.63, 3.8) is 0 Å². The molecule has 0 N–H and O–H groups in total. The molecule has 0 unspecified atom stereocenters. The van der Waals surface area contributed by atoms with E-state index in [1.165, 1.54) is 86.5 Å². The second-order valence-electron chi connectivity index (χ2n) is 10.8. The van der Waals surface area contributed by atoms with Crippen LogP contribution in [0.5, 0.6) is 0 Å². The third kappa shape index (κ3) is 2.70. The number of hydrogen-bond acceptors (Lipinski definition) is 0. The molecule has 0 bridgehead atoms. The van der Waals surface area contributed by atoms with Gasteiger partial charge in [-0.05, 0) is 136 Å². The predicted molar refractivity (Wildman–Crippen MR) is 166 cm³/mol. The average molecular weight is 481 g/mol. The fourth-order valence-electron chi connectivity index (χ4n) is 7.07. The van der Waals surface area contributed by atoms with Crippen LogP contribution in [0.1, 0.15) is 17.5 Å². The van der Waals surface area contributed by atoms with Crippen molar-refractivity contribution < 1.29 is 0 Å². The van der Waals surface area contributed by atoms with Crippen LogP contribution in [0, 0.1) is 0 Å². The normalized spacial score (nSPS) is 13.5. The van der Waals surface area contributed by atoms with Crippen LogP contribution in [-0.4, -0.2) is 0 Å². The van der Waals surface area contributed by atoms with E-state index < -0.39 is 0 Å². The van der Waals surface area contributed by atoms with Gasteiger partial charge >= 0.3 is 0 Å². The van der Waals surface area contributed by atoms with Crippen LogP contribution in [0.2, 0.25) is 0 Å². The molecular formula is C38H24. The van der Waals surface area contributed by atoms with Crippen molar-refractivity contribution in [3.8, 4) is 0 Å². The van der Waals surface area contributed by atoms with Gasteiger partial charge in [-0.3, -0.25) is 0 Å². The van der Waals surface area contributed by atoms with Crippen LogP contribution in [0.25, 0.3) is 81.5 Å². The zero-order valence-corrected chi connectivity index (χ0v) is 21.0. The summed E-state index contributed by atoms with van der Waals surface area (Å²) in [6.07, 6.45) is 6.89. The first-order valence-corrected chi connectivity index (χ1v) is 13.6. The average Bonchev–Trinajstić information content (AvgIpc) is 2.99. The highest BCUT2D eigenvalue weighted by Gasteiger charge is 2.16. The van der Waals surface area contributed by atoms with Gasteiger partial charge in [-0.1, -0.05) is 84.9 Å². The molecule has 1 aliphatic rings. The van der Waals surface area contributed by atoms with Crippen LogP contribution in [0.3, 0.4) is 0 Å². The number of hydrogen-bond donors (Lipinski definition) is 0. The Morgan fingerprint density at radius 3 is 1.29 bits per heavy atom. The molecule has 9 rings (SSSR count). The minimum absolute atomic E-state index is 1.11. The number of allylic oxidation sites excluding steroid dienone is 1. The predicted octanol–water partition coefficient (Wildman–Crippen LogP) is 10.7. The van der Waals surface area contributed by atoms with E-state index in [-0.39, 0.29) is 0 Å². The molecule has 0 aromatic heterocycles. The van der Waals surface area contributed by atoms with Crippen molar-refractivity contribution >= 4 is 81.5 Å². The van der Waals surface area contributed by atoms with Crippen molar-refractivity contribution in [1.29, 1.82) is 0 Å². The van der Waals surface area contributed by atoms with Crippen molar-refractivity contribution in [2.75, 3.05) is 0 Å². The van der Waals surface area contributed by atoms with Gasteiger partial charge in [-0.25, -0.2) is 0 Å². The summed E-state index contributed by atoms with van der Waals surface area (Å²) in [7, 11) is 0. The summed E-state index contributed by atoms with van der Waals surface area (Å²) in [6.45, 7) is 0. The number of benzene rings is 8. The molecule has 0 heterocycles. The summed E-state index contributed by atoms with van der Waals surface area (Å²) in [5.74, 6) is 0. The Balaban J connectivity index is 1.43. The van der Waals surface area contributed by atoms with Crippen molar-refractivity contribution in [2.24, 2.45) is 0 Å². The molecule has 0 atom stereocenters. The van der Waals surface area contributed by atoms with E-state index in [0.29, 0.717) is 0 Å². The molecule has 8 aromatic carbocycles. The largest absolute Gasteiger partial charge is 0.0836 e. The highest BCUT2D eigenvalue weighted by atomic mass is 14.2. The van der Waals surface area contributed by atoms with E-state index in [2.05, 4.69) is 121 Å². The molecule has 0 spiro atoms. The Kier molecular flexibility index (Phi) is 3.99. The van der Waals surface area contributed by atoms with Crippen LogP contribution in [-0.2, 0) is 6.42 Å². The number of fused-ring (bicyclic) bond motifs is 14. The van der Waals surface area contributed by atoms with Crippen LogP contribution in [0.15, 0.2) is 115 Å². The standard InChI is InChI=1S/C38H24/c1-5-13-31-27(9-1)28-10-2-6-14-32(28)36-20-24-18-26-22-38-34-16-8-4-12-30(34)29-11-3-7-15-33(29)37(38)21-25(26)17-23(24)19-35(31)36/h1-7,9-15,17-22H,8,16H2. The summed E-state index contributed by atoms with van der Waals surface area (Å²) in [6, 6.07) is 41.2. The number of rotatable bonds is 0.